The van der Waals surface area contributed by atoms with Crippen LogP contribution < -0.4 is 0 Å². The van der Waals surface area contributed by atoms with Crippen LogP contribution in [0.1, 0.15) is 52.9 Å². The fraction of sp³-hybridized carbons (Fsp3) is 0.857. The molecule has 0 aromatic rings. The first kappa shape index (κ1) is 15.0. The summed E-state index contributed by atoms with van der Waals surface area (Å²) in [5.74, 6) is -0.605. The average Bonchev–Trinajstić information content (AvgIpc) is 2.35. The fourth-order valence-corrected chi connectivity index (χ4v) is 2.60. The molecule has 2 unspecified atom stereocenters. The van der Waals surface area contributed by atoms with E-state index >= 15 is 0 Å². The van der Waals surface area contributed by atoms with Crippen molar-refractivity contribution in [3.63, 3.8) is 0 Å². The Morgan fingerprint density at radius 1 is 1.28 bits per heavy atom. The molecule has 1 amide bonds. The Balaban J connectivity index is 2.61. The maximum absolute atomic E-state index is 12.2. The van der Waals surface area contributed by atoms with Gasteiger partial charge in [-0.2, -0.15) is 0 Å². The molecule has 0 radical (unpaired) electrons. The molecule has 1 aliphatic rings. The Morgan fingerprint density at radius 3 is 2.39 bits per heavy atom. The highest BCUT2D eigenvalue weighted by molar-refractivity contribution is 5.78. The van der Waals surface area contributed by atoms with Gasteiger partial charge in [-0.1, -0.05) is 26.7 Å². The van der Waals surface area contributed by atoms with Crippen LogP contribution in [0.25, 0.3) is 0 Å². The Morgan fingerprint density at radius 2 is 1.89 bits per heavy atom. The molecule has 0 bridgehead atoms. The van der Waals surface area contributed by atoms with Crippen LogP contribution in [0.4, 0.5) is 0 Å². The van der Waals surface area contributed by atoms with E-state index in [2.05, 4.69) is 13.8 Å². The lowest BCUT2D eigenvalue weighted by Gasteiger charge is -2.37. The van der Waals surface area contributed by atoms with E-state index in [0.717, 1.165) is 19.3 Å². The van der Waals surface area contributed by atoms with Gasteiger partial charge in [-0.25, -0.2) is 0 Å². The second-order valence-electron chi connectivity index (χ2n) is 5.39. The maximum Gasteiger partial charge on any atom is 0.308 e. The van der Waals surface area contributed by atoms with Gasteiger partial charge in [0, 0.05) is 19.0 Å². The van der Waals surface area contributed by atoms with Gasteiger partial charge >= 0.3 is 5.97 Å². The van der Waals surface area contributed by atoms with E-state index in [1.807, 2.05) is 6.92 Å². The van der Waals surface area contributed by atoms with Gasteiger partial charge in [-0.15, -0.1) is 0 Å². The molecule has 2 atom stereocenters. The standard InChI is InChI=1S/C14H25NO3/c1-4-11(5-2)8-13(16)15-9-12(14(17)18)7-6-10(15)3/h10-12H,4-9H2,1-3H3,(H,17,18). The molecule has 0 spiro atoms. The minimum Gasteiger partial charge on any atom is -0.481 e. The van der Waals surface area contributed by atoms with Crippen LogP contribution in [0.5, 0.6) is 0 Å². The number of hydrogen-bond acceptors (Lipinski definition) is 2. The maximum atomic E-state index is 12.2. The van der Waals surface area contributed by atoms with Crippen molar-refractivity contribution in [3.8, 4) is 0 Å². The van der Waals surface area contributed by atoms with Crippen LogP contribution in [0, 0.1) is 11.8 Å². The summed E-state index contributed by atoms with van der Waals surface area (Å²) in [4.78, 5) is 25.0. The van der Waals surface area contributed by atoms with Crippen molar-refractivity contribution in [2.75, 3.05) is 6.54 Å². The van der Waals surface area contributed by atoms with Crippen LogP contribution in [-0.2, 0) is 9.59 Å². The molecule has 1 rings (SSSR count). The minimum absolute atomic E-state index is 0.127. The number of amides is 1. The largest absolute Gasteiger partial charge is 0.481 e. The van der Waals surface area contributed by atoms with Gasteiger partial charge in [0.15, 0.2) is 0 Å². The van der Waals surface area contributed by atoms with Crippen LogP contribution in [0.2, 0.25) is 0 Å². The Labute approximate surface area is 109 Å². The summed E-state index contributed by atoms with van der Waals surface area (Å²) in [5, 5.41) is 9.06. The fourth-order valence-electron chi connectivity index (χ4n) is 2.60. The van der Waals surface area contributed by atoms with E-state index in [0.29, 0.717) is 25.3 Å². The van der Waals surface area contributed by atoms with Crippen molar-refractivity contribution in [2.24, 2.45) is 11.8 Å². The topological polar surface area (TPSA) is 57.6 Å². The molecular formula is C14H25NO3. The molecule has 104 valence electrons. The molecule has 1 fully saturated rings. The lowest BCUT2D eigenvalue weighted by molar-refractivity contribution is -0.147. The molecule has 0 aromatic carbocycles. The first-order valence-corrected chi connectivity index (χ1v) is 7.01. The van der Waals surface area contributed by atoms with Crippen molar-refractivity contribution >= 4 is 11.9 Å². The number of carboxylic acids is 1. The van der Waals surface area contributed by atoms with Gasteiger partial charge in [0.2, 0.25) is 5.91 Å². The molecular weight excluding hydrogens is 230 g/mol. The minimum atomic E-state index is -0.776. The zero-order chi connectivity index (χ0) is 13.7. The summed E-state index contributed by atoms with van der Waals surface area (Å²) in [6.45, 7) is 6.60. The molecule has 1 heterocycles. The van der Waals surface area contributed by atoms with Crippen molar-refractivity contribution in [3.05, 3.63) is 0 Å². The second-order valence-corrected chi connectivity index (χ2v) is 5.39. The summed E-state index contributed by atoms with van der Waals surface area (Å²) in [7, 11) is 0. The summed E-state index contributed by atoms with van der Waals surface area (Å²) in [6.07, 6.45) is 4.06. The van der Waals surface area contributed by atoms with Crippen molar-refractivity contribution in [1.82, 2.24) is 4.90 Å². The van der Waals surface area contributed by atoms with Gasteiger partial charge in [-0.05, 0) is 25.7 Å². The number of likely N-dealkylation sites (tertiary alicyclic amines) is 1. The zero-order valence-electron chi connectivity index (χ0n) is 11.7. The molecule has 0 aliphatic carbocycles. The Kier molecular flexibility index (Phi) is 5.63. The predicted octanol–water partition coefficient (Wildman–Crippen LogP) is 2.52. The van der Waals surface area contributed by atoms with Crippen molar-refractivity contribution in [2.45, 2.75) is 58.9 Å². The number of carboxylic acid groups (broad SMARTS) is 1. The van der Waals surface area contributed by atoms with Crippen molar-refractivity contribution in [1.29, 1.82) is 0 Å². The second kappa shape index (κ2) is 6.76. The lowest BCUT2D eigenvalue weighted by Crippen LogP contribution is -2.47. The van der Waals surface area contributed by atoms with Gasteiger partial charge in [0.1, 0.15) is 0 Å². The third-order valence-corrected chi connectivity index (χ3v) is 4.17. The normalized spacial score (nSPS) is 24.3. The van der Waals surface area contributed by atoms with Crippen LogP contribution in [0.3, 0.4) is 0 Å². The van der Waals surface area contributed by atoms with Crippen molar-refractivity contribution < 1.29 is 14.7 Å². The van der Waals surface area contributed by atoms with Crippen LogP contribution in [0.15, 0.2) is 0 Å². The summed E-state index contributed by atoms with van der Waals surface area (Å²) >= 11 is 0. The Bertz CT molecular complexity index is 299. The molecule has 0 aromatic heterocycles. The molecule has 4 heteroatoms. The number of piperidine rings is 1. The molecule has 1 N–H and O–H groups in total. The van der Waals surface area contributed by atoms with Gasteiger partial charge in [0.05, 0.1) is 5.92 Å². The first-order chi connectivity index (χ1) is 8.49. The molecule has 18 heavy (non-hydrogen) atoms. The molecule has 1 aliphatic heterocycles. The molecule has 1 saturated heterocycles. The number of carbonyl (C=O) groups excluding carboxylic acids is 1. The SMILES string of the molecule is CCC(CC)CC(=O)N1CC(C(=O)O)CCC1C. The highest BCUT2D eigenvalue weighted by Gasteiger charge is 2.32. The number of nitrogens with zero attached hydrogens (tertiary/aromatic N) is 1. The van der Waals surface area contributed by atoms with Gasteiger partial charge in [0.25, 0.3) is 0 Å². The summed E-state index contributed by atoms with van der Waals surface area (Å²) in [5.41, 5.74) is 0. The molecule has 4 nitrogen and oxygen atoms in total. The summed E-state index contributed by atoms with van der Waals surface area (Å²) in [6, 6.07) is 0.183. The van der Waals surface area contributed by atoms with E-state index in [1.54, 1.807) is 4.90 Å². The summed E-state index contributed by atoms with van der Waals surface area (Å²) < 4.78 is 0. The van der Waals surface area contributed by atoms with E-state index in [-0.39, 0.29) is 17.9 Å². The van der Waals surface area contributed by atoms with Crippen LogP contribution in [-0.4, -0.2) is 34.5 Å². The predicted molar refractivity (Wildman–Crippen MR) is 70.2 cm³/mol. The monoisotopic (exact) mass is 255 g/mol. The first-order valence-electron chi connectivity index (χ1n) is 7.01. The van der Waals surface area contributed by atoms with E-state index in [4.69, 9.17) is 5.11 Å². The number of hydrogen-bond donors (Lipinski definition) is 1. The van der Waals surface area contributed by atoms with Crippen LogP contribution >= 0.6 is 0 Å². The third kappa shape index (κ3) is 3.72. The zero-order valence-corrected chi connectivity index (χ0v) is 11.7. The van der Waals surface area contributed by atoms with Gasteiger partial charge < -0.3 is 10.0 Å². The third-order valence-electron chi connectivity index (χ3n) is 4.17. The smallest absolute Gasteiger partial charge is 0.308 e. The lowest BCUT2D eigenvalue weighted by atomic mass is 9.91. The Hall–Kier alpha value is -1.06. The average molecular weight is 255 g/mol. The van der Waals surface area contributed by atoms with E-state index in [1.165, 1.54) is 0 Å². The molecule has 0 saturated carbocycles. The quantitative estimate of drug-likeness (QED) is 0.821. The number of carbonyl (C=O) groups is 2. The highest BCUT2D eigenvalue weighted by Crippen LogP contribution is 2.24. The van der Waals surface area contributed by atoms with Gasteiger partial charge in [-0.3, -0.25) is 9.59 Å². The highest BCUT2D eigenvalue weighted by atomic mass is 16.4. The van der Waals surface area contributed by atoms with E-state index in [9.17, 15) is 9.59 Å². The number of rotatable bonds is 5. The van der Waals surface area contributed by atoms with E-state index < -0.39 is 5.97 Å². The number of aliphatic carboxylic acids is 1.